The van der Waals surface area contributed by atoms with Gasteiger partial charge >= 0.3 is 0 Å². The number of nitrogen functional groups attached to an aromatic ring is 1. The summed E-state index contributed by atoms with van der Waals surface area (Å²) in [5.74, 6) is 1.20. The molecule has 31 heavy (non-hydrogen) atoms. The molecule has 0 spiro atoms. The number of nitrogens with zero attached hydrogens (tertiary/aromatic N) is 4. The summed E-state index contributed by atoms with van der Waals surface area (Å²) in [5.41, 5.74) is 8.61. The zero-order valence-corrected chi connectivity index (χ0v) is 19.0. The lowest BCUT2D eigenvalue weighted by molar-refractivity contribution is 0.399. The fraction of sp³-hybridized carbons (Fsp3) is 0.522. The number of pyridine rings is 1. The van der Waals surface area contributed by atoms with Crippen molar-refractivity contribution in [2.75, 3.05) is 18.2 Å². The van der Waals surface area contributed by atoms with Crippen molar-refractivity contribution < 1.29 is 5.11 Å². The van der Waals surface area contributed by atoms with E-state index in [4.69, 9.17) is 10.8 Å². The topological polar surface area (TPSA) is 110 Å². The number of aliphatic hydroxyl groups is 1. The third kappa shape index (κ3) is 6.82. The normalized spacial score (nSPS) is 13.0. The number of nitrogens with two attached hydrogens (primary N) is 1. The number of anilines is 2. The second kappa shape index (κ2) is 12.7. The van der Waals surface area contributed by atoms with Crippen LogP contribution in [0, 0.1) is 0 Å². The van der Waals surface area contributed by atoms with E-state index >= 15 is 0 Å². The maximum atomic E-state index is 11.9. The third-order valence-electron chi connectivity index (χ3n) is 5.32. The number of hydrogen-bond donors (Lipinski definition) is 3. The first kappa shape index (κ1) is 24.4. The molecule has 1 saturated carbocycles. The van der Waals surface area contributed by atoms with Crippen LogP contribution in [0.1, 0.15) is 63.5 Å². The predicted molar refractivity (Wildman–Crippen MR) is 126 cm³/mol. The molecular formula is C23H36N6O2. The van der Waals surface area contributed by atoms with Gasteiger partial charge < -0.3 is 20.7 Å². The average molecular weight is 429 g/mol. The molecule has 3 aromatic rings. The van der Waals surface area contributed by atoms with Gasteiger partial charge in [0.15, 0.2) is 5.65 Å². The van der Waals surface area contributed by atoms with Crippen LogP contribution in [0.5, 0.6) is 0 Å². The summed E-state index contributed by atoms with van der Waals surface area (Å²) < 4.78 is 3.40. The van der Waals surface area contributed by atoms with Crippen molar-refractivity contribution in [3.8, 4) is 0 Å². The lowest BCUT2D eigenvalue weighted by Crippen LogP contribution is -2.18. The first-order valence-corrected chi connectivity index (χ1v) is 11.1. The van der Waals surface area contributed by atoms with Gasteiger partial charge in [-0.05, 0) is 25.0 Å². The smallest absolute Gasteiger partial charge is 0.250 e. The van der Waals surface area contributed by atoms with Crippen LogP contribution in [-0.2, 0) is 19.5 Å². The van der Waals surface area contributed by atoms with Crippen molar-refractivity contribution in [3.63, 3.8) is 0 Å². The second-order valence-electron chi connectivity index (χ2n) is 7.46. The van der Waals surface area contributed by atoms with Crippen LogP contribution in [0.25, 0.3) is 5.65 Å². The minimum atomic E-state index is -0.00134. The Balaban J connectivity index is 0.000000363. The van der Waals surface area contributed by atoms with Gasteiger partial charge in [0.05, 0.1) is 6.20 Å². The molecule has 0 saturated heterocycles. The van der Waals surface area contributed by atoms with E-state index in [9.17, 15) is 4.79 Å². The van der Waals surface area contributed by atoms with E-state index in [0.29, 0.717) is 18.9 Å². The highest BCUT2D eigenvalue weighted by atomic mass is 16.2. The van der Waals surface area contributed by atoms with Gasteiger partial charge in [0.2, 0.25) is 0 Å². The van der Waals surface area contributed by atoms with Crippen LogP contribution in [0.3, 0.4) is 0 Å². The maximum Gasteiger partial charge on any atom is 0.250 e. The third-order valence-corrected chi connectivity index (χ3v) is 5.32. The Morgan fingerprint density at radius 1 is 1.10 bits per heavy atom. The molecule has 0 unspecified atom stereocenters. The monoisotopic (exact) mass is 428 g/mol. The molecular weight excluding hydrogens is 392 g/mol. The predicted octanol–water partition coefficient (Wildman–Crippen LogP) is 3.62. The summed E-state index contributed by atoms with van der Waals surface area (Å²) in [5, 5.41) is 14.6. The Kier molecular flexibility index (Phi) is 10.0. The highest BCUT2D eigenvalue weighted by Crippen LogP contribution is 2.18. The number of aromatic nitrogens is 4. The quantitative estimate of drug-likeness (QED) is 0.572. The average Bonchev–Trinajstić information content (AvgIpc) is 3.23. The zero-order valence-electron chi connectivity index (χ0n) is 19.0. The lowest BCUT2D eigenvalue weighted by atomic mass is 10.0. The second-order valence-corrected chi connectivity index (χ2v) is 7.46. The van der Waals surface area contributed by atoms with Crippen molar-refractivity contribution >= 4 is 17.3 Å². The van der Waals surface area contributed by atoms with Gasteiger partial charge in [0, 0.05) is 44.1 Å². The van der Waals surface area contributed by atoms with Crippen LogP contribution in [0.4, 0.5) is 11.6 Å². The van der Waals surface area contributed by atoms with Crippen molar-refractivity contribution in [1.82, 2.24) is 19.2 Å². The number of aryl methyl sites for hydroxylation is 2. The van der Waals surface area contributed by atoms with E-state index in [1.807, 2.05) is 13.0 Å². The highest BCUT2D eigenvalue weighted by Gasteiger charge is 2.09. The standard InChI is InChI=1S/C16H20N6O.C6H12.CH4O/c1-3-12-10-19-22-14(8-13(17)20-16(12)22)18-9-11-5-6-21(4-2)15(23)7-11;1-2-4-6-5-3-1;1-2/h5-8,10,18H,3-4,9H2,1-2H3,(H2,17,20);1-6H2;2H,1H3. The van der Waals surface area contributed by atoms with Gasteiger partial charge in [0.1, 0.15) is 11.6 Å². The van der Waals surface area contributed by atoms with Gasteiger partial charge in [-0.2, -0.15) is 9.61 Å². The Hall–Kier alpha value is -2.87. The Morgan fingerprint density at radius 2 is 1.74 bits per heavy atom. The molecule has 1 fully saturated rings. The molecule has 1 aliphatic carbocycles. The minimum absolute atomic E-state index is 0.00134. The summed E-state index contributed by atoms with van der Waals surface area (Å²) in [6.07, 6.45) is 13.4. The molecule has 170 valence electrons. The van der Waals surface area contributed by atoms with E-state index in [1.54, 1.807) is 33.6 Å². The summed E-state index contributed by atoms with van der Waals surface area (Å²) in [6, 6.07) is 5.31. The summed E-state index contributed by atoms with van der Waals surface area (Å²) in [4.78, 5) is 16.2. The van der Waals surface area contributed by atoms with Gasteiger partial charge in [-0.1, -0.05) is 45.4 Å². The highest BCUT2D eigenvalue weighted by molar-refractivity contribution is 5.58. The number of hydrogen-bond acceptors (Lipinski definition) is 6. The van der Waals surface area contributed by atoms with Gasteiger partial charge in [-0.25, -0.2) is 4.98 Å². The minimum Gasteiger partial charge on any atom is -0.400 e. The van der Waals surface area contributed by atoms with Gasteiger partial charge in [-0.3, -0.25) is 4.79 Å². The Labute approximate surface area is 184 Å². The van der Waals surface area contributed by atoms with E-state index < -0.39 is 0 Å². The molecule has 3 heterocycles. The Bertz CT molecular complexity index is 980. The van der Waals surface area contributed by atoms with Crippen molar-refractivity contribution in [3.05, 3.63) is 52.1 Å². The van der Waals surface area contributed by atoms with E-state index in [1.165, 1.54) is 38.5 Å². The van der Waals surface area contributed by atoms with Gasteiger partial charge in [-0.15, -0.1) is 0 Å². The van der Waals surface area contributed by atoms with Crippen LogP contribution in [0.2, 0.25) is 0 Å². The largest absolute Gasteiger partial charge is 0.400 e. The molecule has 0 aromatic carbocycles. The molecule has 4 N–H and O–H groups in total. The molecule has 0 radical (unpaired) electrons. The first-order valence-electron chi connectivity index (χ1n) is 11.1. The molecule has 1 aliphatic rings. The molecule has 8 heteroatoms. The zero-order chi connectivity index (χ0) is 22.6. The first-order chi connectivity index (χ1) is 15.1. The molecule has 0 bridgehead atoms. The fourth-order valence-corrected chi connectivity index (χ4v) is 3.58. The van der Waals surface area contributed by atoms with Crippen LogP contribution in [-0.4, -0.2) is 31.4 Å². The summed E-state index contributed by atoms with van der Waals surface area (Å²) in [6.45, 7) is 5.18. The number of fused-ring (bicyclic) bond motifs is 1. The molecule has 0 aliphatic heterocycles. The number of aliphatic hydroxyl groups excluding tert-OH is 1. The van der Waals surface area contributed by atoms with Crippen molar-refractivity contribution in [1.29, 1.82) is 0 Å². The molecule has 8 nitrogen and oxygen atoms in total. The van der Waals surface area contributed by atoms with Crippen LogP contribution >= 0.6 is 0 Å². The van der Waals surface area contributed by atoms with Crippen molar-refractivity contribution in [2.45, 2.75) is 71.9 Å². The number of nitrogens with one attached hydrogen (secondary N) is 1. The van der Waals surface area contributed by atoms with E-state index in [0.717, 1.165) is 36.1 Å². The lowest BCUT2D eigenvalue weighted by Gasteiger charge is -2.10. The molecule has 0 atom stereocenters. The van der Waals surface area contributed by atoms with E-state index in [-0.39, 0.29) is 5.56 Å². The van der Waals surface area contributed by atoms with Crippen LogP contribution in [0.15, 0.2) is 35.4 Å². The fourth-order valence-electron chi connectivity index (χ4n) is 3.58. The Morgan fingerprint density at radius 3 is 2.29 bits per heavy atom. The van der Waals surface area contributed by atoms with E-state index in [2.05, 4.69) is 22.3 Å². The van der Waals surface area contributed by atoms with Crippen molar-refractivity contribution in [2.24, 2.45) is 0 Å². The molecule has 3 aromatic heterocycles. The molecule has 4 rings (SSSR count). The number of rotatable bonds is 5. The SMILES string of the molecule is C1CCCCC1.CCc1cnn2c(NCc3ccn(CC)c(=O)c3)cc(N)nc12.CO. The summed E-state index contributed by atoms with van der Waals surface area (Å²) in [7, 11) is 1.00. The van der Waals surface area contributed by atoms with Crippen LogP contribution < -0.4 is 16.6 Å². The maximum absolute atomic E-state index is 11.9. The van der Waals surface area contributed by atoms with Gasteiger partial charge in [0.25, 0.3) is 5.56 Å². The summed E-state index contributed by atoms with van der Waals surface area (Å²) >= 11 is 0. The molecule has 0 amide bonds.